The van der Waals surface area contributed by atoms with E-state index in [2.05, 4.69) is 0 Å². The molecule has 0 heterocycles. The molecule has 0 fully saturated rings. The van der Waals surface area contributed by atoms with Crippen LogP contribution in [0.1, 0.15) is 31.8 Å². The average Bonchev–Trinajstić information content (AvgIpc) is 2.63. The molecule has 118 valence electrons. The lowest BCUT2D eigenvalue weighted by Crippen LogP contribution is -2.21. The molecule has 0 aliphatic heterocycles. The number of rotatable bonds is 3. The fourth-order valence-electron chi connectivity index (χ4n) is 3.07. The van der Waals surface area contributed by atoms with Gasteiger partial charge in [-0.05, 0) is 41.1 Å². The van der Waals surface area contributed by atoms with Crippen molar-refractivity contribution in [1.29, 1.82) is 0 Å². The third-order valence-electron chi connectivity index (χ3n) is 4.22. The van der Waals surface area contributed by atoms with Gasteiger partial charge in [0.15, 0.2) is 11.6 Å². The van der Waals surface area contributed by atoms with Gasteiger partial charge in [0.25, 0.3) is 0 Å². The van der Waals surface area contributed by atoms with Crippen molar-refractivity contribution in [2.24, 2.45) is 0 Å². The Morgan fingerprint density at radius 2 is 1.33 bits per heavy atom. The highest BCUT2D eigenvalue weighted by atomic mass is 16.5. The highest BCUT2D eigenvalue weighted by Crippen LogP contribution is 2.32. The summed E-state index contributed by atoms with van der Waals surface area (Å²) in [7, 11) is 0. The van der Waals surface area contributed by atoms with E-state index in [1.165, 1.54) is 0 Å². The normalized spacial score (nSPS) is 12.9. The van der Waals surface area contributed by atoms with Crippen LogP contribution in [-0.2, 0) is 0 Å². The van der Waals surface area contributed by atoms with Gasteiger partial charge in [-0.15, -0.1) is 0 Å². The number of benzene rings is 3. The van der Waals surface area contributed by atoms with E-state index in [1.807, 2.05) is 24.3 Å². The summed E-state index contributed by atoms with van der Waals surface area (Å²) in [6, 6.07) is 16.0. The van der Waals surface area contributed by atoms with Gasteiger partial charge in [-0.3, -0.25) is 9.59 Å². The molecule has 0 saturated heterocycles. The molecule has 0 amide bonds. The van der Waals surface area contributed by atoms with Gasteiger partial charge in [0.2, 0.25) is 0 Å². The van der Waals surface area contributed by atoms with Crippen molar-refractivity contribution < 1.29 is 19.4 Å². The standard InChI is InChI=1S/C20H14O4/c21-7-8-24-14-5-6-15-18(11-14)20(23)17-10-13-4-2-1-3-12(13)9-16(17)19(15)22/h1-6,9-11,21H,7-8H2. The van der Waals surface area contributed by atoms with Crippen molar-refractivity contribution in [3.63, 3.8) is 0 Å². The predicted octanol–water partition coefficient (Wildman–Crippen LogP) is 2.99. The number of hydrogen-bond donors (Lipinski definition) is 1. The van der Waals surface area contributed by atoms with Crippen molar-refractivity contribution in [3.8, 4) is 5.75 Å². The average molecular weight is 318 g/mol. The zero-order chi connectivity index (χ0) is 16.7. The fraction of sp³-hybridized carbons (Fsp3) is 0.100. The van der Waals surface area contributed by atoms with Crippen LogP contribution in [0.2, 0.25) is 0 Å². The Balaban J connectivity index is 1.87. The lowest BCUT2D eigenvalue weighted by molar-refractivity contribution is 0.0979. The van der Waals surface area contributed by atoms with Gasteiger partial charge in [0.1, 0.15) is 12.4 Å². The Kier molecular flexibility index (Phi) is 3.40. The summed E-state index contributed by atoms with van der Waals surface area (Å²) in [5.74, 6) is 0.132. The van der Waals surface area contributed by atoms with Gasteiger partial charge in [0.05, 0.1) is 6.61 Å². The first-order valence-electron chi connectivity index (χ1n) is 7.69. The molecule has 4 rings (SSSR count). The summed E-state index contributed by atoms with van der Waals surface area (Å²) in [5.41, 5.74) is 1.60. The predicted molar refractivity (Wildman–Crippen MR) is 89.8 cm³/mol. The highest BCUT2D eigenvalue weighted by Gasteiger charge is 2.30. The van der Waals surface area contributed by atoms with E-state index >= 15 is 0 Å². The molecule has 4 nitrogen and oxygen atoms in total. The SMILES string of the molecule is O=C1c2ccc(OCCO)cc2C(=O)c2cc3ccccc3cc21. The number of hydrogen-bond acceptors (Lipinski definition) is 4. The van der Waals surface area contributed by atoms with Crippen molar-refractivity contribution in [3.05, 3.63) is 76.9 Å². The number of carbonyl (C=O) groups excluding carboxylic acids is 2. The summed E-state index contributed by atoms with van der Waals surface area (Å²) >= 11 is 0. The van der Waals surface area contributed by atoms with Gasteiger partial charge in [0, 0.05) is 22.3 Å². The fourth-order valence-corrected chi connectivity index (χ4v) is 3.07. The van der Waals surface area contributed by atoms with Crippen LogP contribution in [-0.4, -0.2) is 29.9 Å². The van der Waals surface area contributed by atoms with Crippen LogP contribution in [0, 0.1) is 0 Å². The van der Waals surface area contributed by atoms with E-state index in [4.69, 9.17) is 9.84 Å². The van der Waals surface area contributed by atoms with Crippen LogP contribution >= 0.6 is 0 Å². The Bertz CT molecular complexity index is 988. The summed E-state index contributed by atoms with van der Waals surface area (Å²) in [6.45, 7) is 0.0287. The van der Waals surface area contributed by atoms with Crippen LogP contribution in [0.3, 0.4) is 0 Å². The Morgan fingerprint density at radius 1 is 0.750 bits per heavy atom. The second-order valence-electron chi connectivity index (χ2n) is 5.68. The van der Waals surface area contributed by atoms with Crippen LogP contribution in [0.4, 0.5) is 0 Å². The monoisotopic (exact) mass is 318 g/mol. The van der Waals surface area contributed by atoms with Crippen LogP contribution in [0.15, 0.2) is 54.6 Å². The molecular weight excluding hydrogens is 304 g/mol. The van der Waals surface area contributed by atoms with E-state index in [-0.39, 0.29) is 24.8 Å². The summed E-state index contributed by atoms with van der Waals surface area (Å²) in [4.78, 5) is 25.7. The summed E-state index contributed by atoms with van der Waals surface area (Å²) < 4.78 is 5.35. The minimum Gasteiger partial charge on any atom is -0.491 e. The maximum Gasteiger partial charge on any atom is 0.194 e. The second kappa shape index (κ2) is 5.58. The molecule has 1 aliphatic rings. The van der Waals surface area contributed by atoms with Gasteiger partial charge >= 0.3 is 0 Å². The van der Waals surface area contributed by atoms with E-state index in [0.717, 1.165) is 10.8 Å². The number of ketones is 2. The van der Waals surface area contributed by atoms with E-state index in [9.17, 15) is 9.59 Å². The van der Waals surface area contributed by atoms with Gasteiger partial charge in [-0.2, -0.15) is 0 Å². The van der Waals surface area contributed by atoms with E-state index < -0.39 is 0 Å². The Labute approximate surface area is 138 Å². The molecular formula is C20H14O4. The highest BCUT2D eigenvalue weighted by molar-refractivity contribution is 6.29. The largest absolute Gasteiger partial charge is 0.491 e. The first kappa shape index (κ1) is 14.6. The minimum atomic E-state index is -0.181. The molecule has 3 aromatic carbocycles. The van der Waals surface area contributed by atoms with Crippen molar-refractivity contribution in [1.82, 2.24) is 0 Å². The Morgan fingerprint density at radius 3 is 1.96 bits per heavy atom. The molecule has 24 heavy (non-hydrogen) atoms. The number of aliphatic hydroxyl groups excluding tert-OH is 1. The molecule has 0 radical (unpaired) electrons. The Hall–Kier alpha value is -2.98. The quantitative estimate of drug-likeness (QED) is 0.631. The van der Waals surface area contributed by atoms with Gasteiger partial charge in [-0.25, -0.2) is 0 Å². The topological polar surface area (TPSA) is 63.6 Å². The maximum absolute atomic E-state index is 12.9. The van der Waals surface area contributed by atoms with Crippen molar-refractivity contribution >= 4 is 22.3 Å². The molecule has 4 heteroatoms. The summed E-state index contributed by atoms with van der Waals surface area (Å²) in [5, 5.41) is 10.7. The molecule has 0 bridgehead atoms. The third kappa shape index (κ3) is 2.20. The first-order valence-corrected chi connectivity index (χ1v) is 7.69. The lowest BCUT2D eigenvalue weighted by Gasteiger charge is -2.19. The molecule has 1 N–H and O–H groups in total. The zero-order valence-corrected chi connectivity index (χ0v) is 12.8. The molecule has 3 aromatic rings. The van der Waals surface area contributed by atoms with Gasteiger partial charge in [-0.1, -0.05) is 24.3 Å². The maximum atomic E-state index is 12.9. The lowest BCUT2D eigenvalue weighted by atomic mass is 9.82. The number of carbonyl (C=O) groups is 2. The van der Waals surface area contributed by atoms with Crippen LogP contribution in [0.25, 0.3) is 10.8 Å². The second-order valence-corrected chi connectivity index (χ2v) is 5.68. The number of fused-ring (bicyclic) bond motifs is 3. The van der Waals surface area contributed by atoms with Crippen molar-refractivity contribution in [2.45, 2.75) is 0 Å². The third-order valence-corrected chi connectivity index (χ3v) is 4.22. The molecule has 0 saturated carbocycles. The van der Waals surface area contributed by atoms with Crippen LogP contribution < -0.4 is 4.74 Å². The number of ether oxygens (including phenoxy) is 1. The van der Waals surface area contributed by atoms with Crippen LogP contribution in [0.5, 0.6) is 5.75 Å². The zero-order valence-electron chi connectivity index (χ0n) is 12.8. The summed E-state index contributed by atoms with van der Waals surface area (Å²) in [6.07, 6.45) is 0. The van der Waals surface area contributed by atoms with E-state index in [1.54, 1.807) is 30.3 Å². The number of aliphatic hydroxyl groups is 1. The molecule has 0 spiro atoms. The van der Waals surface area contributed by atoms with Gasteiger partial charge < -0.3 is 9.84 Å². The first-order chi connectivity index (χ1) is 11.7. The smallest absolute Gasteiger partial charge is 0.194 e. The molecule has 1 aliphatic carbocycles. The van der Waals surface area contributed by atoms with Crippen molar-refractivity contribution in [2.75, 3.05) is 13.2 Å². The molecule has 0 atom stereocenters. The minimum absolute atomic E-state index is 0.112. The molecule has 0 aromatic heterocycles. The molecule has 0 unspecified atom stereocenters. The van der Waals surface area contributed by atoms with E-state index in [0.29, 0.717) is 28.0 Å².